The highest BCUT2D eigenvalue weighted by Crippen LogP contribution is 2.34. The Morgan fingerprint density at radius 1 is 1.21 bits per heavy atom. The van der Waals surface area contributed by atoms with E-state index in [-0.39, 0.29) is 18.9 Å². The van der Waals surface area contributed by atoms with Gasteiger partial charge in [-0.2, -0.15) is 0 Å². The van der Waals surface area contributed by atoms with Gasteiger partial charge in [0.05, 0.1) is 6.10 Å². The van der Waals surface area contributed by atoms with E-state index < -0.39 is 5.92 Å². The molecule has 1 aliphatic heterocycles. The molecule has 2 aromatic heterocycles. The number of ether oxygens (including phenoxy) is 1. The first-order valence-electron chi connectivity index (χ1n) is 9.50. The maximum absolute atomic E-state index is 13.4. The lowest BCUT2D eigenvalue weighted by molar-refractivity contribution is -0.0624. The smallest absolute Gasteiger partial charge is 0.250 e. The van der Waals surface area contributed by atoms with E-state index in [0.717, 1.165) is 27.5 Å². The van der Waals surface area contributed by atoms with Gasteiger partial charge in [0.2, 0.25) is 0 Å². The molecule has 0 aliphatic carbocycles. The highest BCUT2D eigenvalue weighted by atomic mass is 79.9. The topological polar surface area (TPSA) is 34.0 Å². The Bertz CT molecular complexity index is 810. The number of pyridine rings is 1. The SMILES string of the molecule is COC(C)C.Cc1c(C=O)cc2cc(Br)cn2c1C(C)N1CCC(F)(F)CC1. The molecule has 7 heteroatoms. The number of alkyl halides is 2. The van der Waals surface area contributed by atoms with Crippen molar-refractivity contribution in [3.63, 3.8) is 0 Å². The fourth-order valence-corrected chi connectivity index (χ4v) is 3.85. The van der Waals surface area contributed by atoms with Gasteiger partial charge in [-0.25, -0.2) is 8.78 Å². The van der Waals surface area contributed by atoms with Gasteiger partial charge in [0.25, 0.3) is 5.92 Å². The molecule has 2 aromatic rings. The van der Waals surface area contributed by atoms with Gasteiger partial charge in [-0.05, 0) is 61.3 Å². The highest BCUT2D eigenvalue weighted by molar-refractivity contribution is 9.10. The fourth-order valence-electron chi connectivity index (χ4n) is 3.41. The van der Waals surface area contributed by atoms with Crippen LogP contribution in [0.4, 0.5) is 8.78 Å². The molecule has 0 spiro atoms. The minimum atomic E-state index is -2.55. The number of carbonyl (C=O) groups excluding carboxylic acids is 1. The summed E-state index contributed by atoms with van der Waals surface area (Å²) < 4.78 is 34.6. The Balaban J connectivity index is 0.000000500. The summed E-state index contributed by atoms with van der Waals surface area (Å²) in [6.45, 7) is 8.67. The van der Waals surface area contributed by atoms with Crippen LogP contribution < -0.4 is 0 Å². The van der Waals surface area contributed by atoms with Crippen LogP contribution in [0, 0.1) is 6.92 Å². The van der Waals surface area contributed by atoms with Gasteiger partial charge in [0, 0.05) is 66.5 Å². The van der Waals surface area contributed by atoms with Crippen LogP contribution in [0.5, 0.6) is 0 Å². The molecule has 4 nitrogen and oxygen atoms in total. The van der Waals surface area contributed by atoms with Crippen LogP contribution in [0.2, 0.25) is 0 Å². The van der Waals surface area contributed by atoms with Crippen molar-refractivity contribution < 1.29 is 18.3 Å². The van der Waals surface area contributed by atoms with Crippen molar-refractivity contribution in [1.82, 2.24) is 9.30 Å². The zero-order valence-corrected chi connectivity index (χ0v) is 18.7. The number of methoxy groups -OCH3 is 1. The summed E-state index contributed by atoms with van der Waals surface area (Å²) in [5, 5.41) is 0. The Morgan fingerprint density at radius 2 is 1.79 bits per heavy atom. The maximum Gasteiger partial charge on any atom is 0.250 e. The molecule has 0 aromatic carbocycles. The first-order valence-corrected chi connectivity index (χ1v) is 10.3. The van der Waals surface area contributed by atoms with E-state index in [2.05, 4.69) is 20.8 Å². The average Bonchev–Trinajstić information content (AvgIpc) is 3.00. The molecular formula is C21H29BrF2N2O2. The normalized spacial score (nSPS) is 18.0. The van der Waals surface area contributed by atoms with Crippen LogP contribution in [-0.2, 0) is 4.74 Å². The van der Waals surface area contributed by atoms with Crippen molar-refractivity contribution in [3.05, 3.63) is 39.6 Å². The molecule has 0 N–H and O–H groups in total. The predicted octanol–water partition coefficient (Wildman–Crippen LogP) is 5.66. The van der Waals surface area contributed by atoms with Crippen LogP contribution in [0.3, 0.4) is 0 Å². The first-order chi connectivity index (χ1) is 13.1. The summed E-state index contributed by atoms with van der Waals surface area (Å²) in [5.41, 5.74) is 3.46. The molecular weight excluding hydrogens is 430 g/mol. The number of nitrogens with zero attached hydrogens (tertiary/aromatic N) is 2. The average molecular weight is 459 g/mol. The lowest BCUT2D eigenvalue weighted by Crippen LogP contribution is -2.41. The molecule has 3 rings (SSSR count). The maximum atomic E-state index is 13.4. The van der Waals surface area contributed by atoms with Crippen molar-refractivity contribution in [1.29, 1.82) is 0 Å². The summed E-state index contributed by atoms with van der Waals surface area (Å²) in [6.07, 6.45) is 2.98. The fraction of sp³-hybridized carbons (Fsp3) is 0.571. The van der Waals surface area contributed by atoms with Crippen molar-refractivity contribution >= 4 is 27.7 Å². The van der Waals surface area contributed by atoms with E-state index in [0.29, 0.717) is 24.8 Å². The number of carbonyl (C=O) groups is 1. The summed E-state index contributed by atoms with van der Waals surface area (Å²) >= 11 is 3.47. The second kappa shape index (κ2) is 9.46. The molecule has 0 radical (unpaired) electrons. The largest absolute Gasteiger partial charge is 0.382 e. The molecule has 1 saturated heterocycles. The van der Waals surface area contributed by atoms with Crippen LogP contribution in [0.15, 0.2) is 22.8 Å². The molecule has 1 unspecified atom stereocenters. The van der Waals surface area contributed by atoms with E-state index in [9.17, 15) is 13.6 Å². The second-order valence-electron chi connectivity index (χ2n) is 7.53. The predicted molar refractivity (Wildman–Crippen MR) is 112 cm³/mol. The number of likely N-dealkylation sites (tertiary alicyclic amines) is 1. The van der Waals surface area contributed by atoms with Gasteiger partial charge in [0.15, 0.2) is 0 Å². The Morgan fingerprint density at radius 3 is 2.29 bits per heavy atom. The minimum absolute atomic E-state index is 0.0344. The second-order valence-corrected chi connectivity index (χ2v) is 8.45. The molecule has 3 heterocycles. The van der Waals surface area contributed by atoms with Crippen molar-refractivity contribution in [2.45, 2.75) is 58.6 Å². The number of fused-ring (bicyclic) bond motifs is 1. The van der Waals surface area contributed by atoms with Crippen molar-refractivity contribution in [2.24, 2.45) is 0 Å². The monoisotopic (exact) mass is 458 g/mol. The molecule has 28 heavy (non-hydrogen) atoms. The van der Waals surface area contributed by atoms with Gasteiger partial charge in [0.1, 0.15) is 6.29 Å². The van der Waals surface area contributed by atoms with Gasteiger partial charge in [-0.15, -0.1) is 0 Å². The number of piperidine rings is 1. The molecule has 1 aliphatic rings. The number of hydrogen-bond donors (Lipinski definition) is 0. The zero-order valence-electron chi connectivity index (χ0n) is 17.1. The molecule has 156 valence electrons. The number of rotatable bonds is 4. The highest BCUT2D eigenvalue weighted by Gasteiger charge is 2.36. The summed E-state index contributed by atoms with van der Waals surface area (Å²) in [7, 11) is 1.70. The van der Waals surface area contributed by atoms with Crippen molar-refractivity contribution in [3.8, 4) is 0 Å². The lowest BCUT2D eigenvalue weighted by Gasteiger charge is -2.36. The third kappa shape index (κ3) is 5.39. The Kier molecular flexibility index (Phi) is 7.76. The van der Waals surface area contributed by atoms with E-state index in [1.165, 1.54) is 0 Å². The zero-order chi connectivity index (χ0) is 21.1. The number of aromatic nitrogens is 1. The number of halogens is 3. The van der Waals surface area contributed by atoms with Gasteiger partial charge >= 0.3 is 0 Å². The van der Waals surface area contributed by atoms with Crippen LogP contribution >= 0.6 is 15.9 Å². The Labute approximate surface area is 174 Å². The molecule has 0 amide bonds. The minimum Gasteiger partial charge on any atom is -0.382 e. The van der Waals surface area contributed by atoms with E-state index in [1.807, 2.05) is 50.4 Å². The summed E-state index contributed by atoms with van der Waals surface area (Å²) in [5.74, 6) is -2.55. The van der Waals surface area contributed by atoms with Crippen LogP contribution in [0.1, 0.15) is 61.3 Å². The van der Waals surface area contributed by atoms with E-state index in [4.69, 9.17) is 4.74 Å². The van der Waals surface area contributed by atoms with Gasteiger partial charge in [-0.1, -0.05) is 0 Å². The van der Waals surface area contributed by atoms with E-state index in [1.54, 1.807) is 7.11 Å². The summed E-state index contributed by atoms with van der Waals surface area (Å²) in [4.78, 5) is 13.5. The van der Waals surface area contributed by atoms with Crippen LogP contribution in [-0.4, -0.2) is 47.8 Å². The third-order valence-corrected chi connectivity index (χ3v) is 5.70. The van der Waals surface area contributed by atoms with Crippen molar-refractivity contribution in [2.75, 3.05) is 20.2 Å². The van der Waals surface area contributed by atoms with Gasteiger partial charge < -0.3 is 9.14 Å². The van der Waals surface area contributed by atoms with Gasteiger partial charge in [-0.3, -0.25) is 9.69 Å². The quantitative estimate of drug-likeness (QED) is 0.554. The molecule has 0 saturated carbocycles. The summed E-state index contributed by atoms with van der Waals surface area (Å²) in [6, 6.07) is 3.77. The number of hydrogen-bond acceptors (Lipinski definition) is 3. The van der Waals surface area contributed by atoms with E-state index >= 15 is 0 Å². The molecule has 1 atom stereocenters. The first kappa shape index (κ1) is 23.0. The molecule has 0 bridgehead atoms. The third-order valence-electron chi connectivity index (χ3n) is 5.27. The lowest BCUT2D eigenvalue weighted by atomic mass is 9.99. The van der Waals surface area contributed by atoms with Crippen LogP contribution in [0.25, 0.3) is 5.52 Å². The number of aldehydes is 1. The molecule has 1 fully saturated rings. The Hall–Kier alpha value is -1.31. The standard InChI is InChI=1S/C17H19BrF2N2O.C4H10O/c1-11-13(10-23)7-15-8-14(18)9-22(15)16(11)12(2)21-5-3-17(19,20)4-6-21;1-4(2)5-3/h7-10,12H,3-6H2,1-2H3;4H,1-3H3.